The molecule has 4 rings (SSSR count). The van der Waals surface area contributed by atoms with Gasteiger partial charge in [-0.05, 0) is 52.4 Å². The lowest BCUT2D eigenvalue weighted by Crippen LogP contribution is -2.26. The molecule has 0 saturated heterocycles. The Bertz CT molecular complexity index is 1050. The Morgan fingerprint density at radius 3 is 2.33 bits per heavy atom. The van der Waals surface area contributed by atoms with Crippen LogP contribution in [0.1, 0.15) is 29.0 Å². The average molecular weight is 527 g/mol. The second-order valence-corrected chi connectivity index (χ2v) is 8.88. The van der Waals surface area contributed by atoms with E-state index in [2.05, 4.69) is 61.4 Å². The van der Waals surface area contributed by atoms with Gasteiger partial charge in [0.05, 0.1) is 0 Å². The minimum absolute atomic E-state index is 0.0805. The number of nitrogens with one attached hydrogen (secondary N) is 1. The summed E-state index contributed by atoms with van der Waals surface area (Å²) in [4.78, 5) is 12.2. The lowest BCUT2D eigenvalue weighted by atomic mass is 9.98. The van der Waals surface area contributed by atoms with Crippen LogP contribution >= 0.6 is 31.9 Å². The van der Waals surface area contributed by atoms with Gasteiger partial charge in [-0.1, -0.05) is 92.5 Å². The van der Waals surface area contributed by atoms with Crippen LogP contribution < -0.4 is 5.32 Å². The van der Waals surface area contributed by atoms with E-state index in [1.54, 1.807) is 0 Å². The summed E-state index contributed by atoms with van der Waals surface area (Å²) in [5.41, 5.74) is 5.98. The first-order valence-electron chi connectivity index (χ1n) is 9.84. The van der Waals surface area contributed by atoms with Gasteiger partial charge in [-0.3, -0.25) is 0 Å². The van der Waals surface area contributed by atoms with Gasteiger partial charge in [-0.25, -0.2) is 4.79 Å². The van der Waals surface area contributed by atoms with Crippen LogP contribution in [-0.4, -0.2) is 19.2 Å². The Balaban J connectivity index is 1.28. The summed E-state index contributed by atoms with van der Waals surface area (Å²) in [5, 5.41) is 2.83. The number of benzene rings is 3. The third-order valence-electron chi connectivity index (χ3n) is 5.18. The van der Waals surface area contributed by atoms with Gasteiger partial charge in [0.15, 0.2) is 0 Å². The van der Waals surface area contributed by atoms with Crippen LogP contribution in [0.3, 0.4) is 0 Å². The Hall–Kier alpha value is -2.37. The highest BCUT2D eigenvalue weighted by molar-refractivity contribution is 9.11. The van der Waals surface area contributed by atoms with Crippen LogP contribution in [0, 0.1) is 0 Å². The Morgan fingerprint density at radius 2 is 1.63 bits per heavy atom. The number of alkyl carbamates (subject to hydrolysis) is 1. The second-order valence-electron chi connectivity index (χ2n) is 7.11. The summed E-state index contributed by atoms with van der Waals surface area (Å²) < 4.78 is 7.62. The molecule has 0 bridgehead atoms. The van der Waals surface area contributed by atoms with E-state index in [1.807, 2.05) is 54.6 Å². The number of hydrogen-bond donors (Lipinski definition) is 1. The first kappa shape index (κ1) is 20.9. The Labute approximate surface area is 193 Å². The van der Waals surface area contributed by atoms with Gasteiger partial charge >= 0.3 is 6.09 Å². The molecule has 0 saturated carbocycles. The summed E-state index contributed by atoms with van der Waals surface area (Å²) in [6.07, 6.45) is 4.42. The number of rotatable bonds is 6. The predicted molar refractivity (Wildman–Crippen MR) is 129 cm³/mol. The molecule has 0 unspecified atom stereocenters. The second kappa shape index (κ2) is 9.63. The standard InChI is InChI=1S/C25H21Br2NO2/c26-18-12-13-24(27)17(15-18)7-5-6-14-28-25(29)30-16-23-21-10-3-1-8-19(21)20-9-2-4-11-22(20)23/h1-5,7-13,15,23H,6,14,16H2,(H,28,29). The molecule has 0 radical (unpaired) electrons. The van der Waals surface area contributed by atoms with Crippen LogP contribution in [0.15, 0.2) is 81.8 Å². The largest absolute Gasteiger partial charge is 0.449 e. The fourth-order valence-corrected chi connectivity index (χ4v) is 4.52. The fraction of sp³-hybridized carbons (Fsp3) is 0.160. The van der Waals surface area contributed by atoms with E-state index in [9.17, 15) is 4.79 Å². The van der Waals surface area contributed by atoms with Crippen LogP contribution in [0.2, 0.25) is 0 Å². The third kappa shape index (κ3) is 4.68. The van der Waals surface area contributed by atoms with Gasteiger partial charge in [0, 0.05) is 21.4 Å². The molecule has 3 aromatic rings. The van der Waals surface area contributed by atoms with Crippen molar-refractivity contribution in [3.8, 4) is 11.1 Å². The molecule has 1 aliphatic carbocycles. The predicted octanol–water partition coefficient (Wildman–Crippen LogP) is 7.15. The number of hydrogen-bond acceptors (Lipinski definition) is 2. The molecule has 3 aromatic carbocycles. The van der Waals surface area contributed by atoms with Crippen molar-refractivity contribution in [2.45, 2.75) is 12.3 Å². The Morgan fingerprint density at radius 1 is 0.967 bits per heavy atom. The molecule has 1 aliphatic rings. The minimum atomic E-state index is -0.381. The SMILES string of the molecule is O=C(NCCC=Cc1cc(Br)ccc1Br)OCC1c2ccccc2-c2ccccc21. The summed E-state index contributed by atoms with van der Waals surface area (Å²) in [6, 6.07) is 22.7. The van der Waals surface area contributed by atoms with Crippen molar-refractivity contribution in [3.05, 3.63) is 98.4 Å². The topological polar surface area (TPSA) is 38.3 Å². The molecule has 0 heterocycles. The third-order valence-corrected chi connectivity index (χ3v) is 6.39. The van der Waals surface area contributed by atoms with Gasteiger partial charge in [0.25, 0.3) is 0 Å². The van der Waals surface area contributed by atoms with Crippen molar-refractivity contribution in [2.75, 3.05) is 13.2 Å². The molecule has 5 heteroatoms. The quantitative estimate of drug-likeness (QED) is 0.346. The number of carbonyl (C=O) groups excluding carboxylic acids is 1. The maximum absolute atomic E-state index is 12.2. The molecule has 3 nitrogen and oxygen atoms in total. The Kier molecular flexibility index (Phi) is 6.70. The average Bonchev–Trinajstić information content (AvgIpc) is 3.08. The summed E-state index contributed by atoms with van der Waals surface area (Å²) in [6.45, 7) is 0.861. The molecule has 0 spiro atoms. The van der Waals surface area contributed by atoms with Gasteiger partial charge < -0.3 is 10.1 Å². The maximum atomic E-state index is 12.2. The highest BCUT2D eigenvalue weighted by atomic mass is 79.9. The molecule has 0 aliphatic heterocycles. The molecule has 0 aromatic heterocycles. The molecule has 1 N–H and O–H groups in total. The lowest BCUT2D eigenvalue weighted by Gasteiger charge is -2.14. The van der Waals surface area contributed by atoms with Crippen LogP contribution in [0.25, 0.3) is 17.2 Å². The van der Waals surface area contributed by atoms with Gasteiger partial charge in [0.2, 0.25) is 0 Å². The van der Waals surface area contributed by atoms with Crippen molar-refractivity contribution in [2.24, 2.45) is 0 Å². The molecule has 0 fully saturated rings. The highest BCUT2D eigenvalue weighted by Gasteiger charge is 2.28. The zero-order valence-electron chi connectivity index (χ0n) is 16.3. The van der Waals surface area contributed by atoms with E-state index in [-0.39, 0.29) is 12.0 Å². The van der Waals surface area contributed by atoms with E-state index in [4.69, 9.17) is 4.74 Å². The van der Waals surface area contributed by atoms with Crippen molar-refractivity contribution < 1.29 is 9.53 Å². The zero-order chi connectivity index (χ0) is 20.9. The monoisotopic (exact) mass is 525 g/mol. The maximum Gasteiger partial charge on any atom is 0.407 e. The van der Waals surface area contributed by atoms with Crippen molar-refractivity contribution in [1.29, 1.82) is 0 Å². The van der Waals surface area contributed by atoms with Crippen molar-refractivity contribution in [1.82, 2.24) is 5.32 Å². The molecule has 152 valence electrons. The van der Waals surface area contributed by atoms with E-state index in [1.165, 1.54) is 22.3 Å². The van der Waals surface area contributed by atoms with Gasteiger partial charge in [-0.15, -0.1) is 0 Å². The summed E-state index contributed by atoms with van der Waals surface area (Å²) >= 11 is 7.01. The number of ether oxygens (including phenoxy) is 1. The van der Waals surface area contributed by atoms with E-state index in [0.29, 0.717) is 13.2 Å². The molecule has 30 heavy (non-hydrogen) atoms. The van der Waals surface area contributed by atoms with Crippen molar-refractivity contribution >= 4 is 44.0 Å². The van der Waals surface area contributed by atoms with Gasteiger partial charge in [-0.2, -0.15) is 0 Å². The summed E-state index contributed by atoms with van der Waals surface area (Å²) in [5.74, 6) is 0.0805. The summed E-state index contributed by atoms with van der Waals surface area (Å²) in [7, 11) is 0. The molecule has 0 atom stereocenters. The minimum Gasteiger partial charge on any atom is -0.449 e. The fourth-order valence-electron chi connectivity index (χ4n) is 3.76. The zero-order valence-corrected chi connectivity index (χ0v) is 19.4. The number of halogens is 2. The van der Waals surface area contributed by atoms with Crippen LogP contribution in [0.5, 0.6) is 0 Å². The first-order chi connectivity index (χ1) is 14.6. The molecule has 1 amide bonds. The van der Waals surface area contributed by atoms with E-state index < -0.39 is 0 Å². The number of amides is 1. The lowest BCUT2D eigenvalue weighted by molar-refractivity contribution is 0.143. The number of fused-ring (bicyclic) bond motifs is 3. The van der Waals surface area contributed by atoms with Crippen molar-refractivity contribution in [3.63, 3.8) is 0 Å². The van der Waals surface area contributed by atoms with Crippen LogP contribution in [0.4, 0.5) is 4.79 Å². The smallest absolute Gasteiger partial charge is 0.407 e. The molecular formula is C25H21Br2NO2. The van der Waals surface area contributed by atoms with E-state index in [0.717, 1.165) is 20.9 Å². The van der Waals surface area contributed by atoms with E-state index >= 15 is 0 Å². The van der Waals surface area contributed by atoms with Crippen LogP contribution in [-0.2, 0) is 4.74 Å². The molecular weight excluding hydrogens is 506 g/mol. The normalized spacial score (nSPS) is 12.6. The number of carbonyl (C=O) groups is 1. The van der Waals surface area contributed by atoms with Gasteiger partial charge in [0.1, 0.15) is 6.61 Å². The highest BCUT2D eigenvalue weighted by Crippen LogP contribution is 2.44. The first-order valence-corrected chi connectivity index (χ1v) is 11.4.